The zero-order valence-electron chi connectivity index (χ0n) is 11.2. The molecule has 2 unspecified atom stereocenters. The summed E-state index contributed by atoms with van der Waals surface area (Å²) in [5, 5.41) is 4.25. The lowest BCUT2D eigenvalue weighted by molar-refractivity contribution is 0.162. The maximum atomic E-state index is 5.99. The lowest BCUT2D eigenvalue weighted by Gasteiger charge is -2.25. The lowest BCUT2D eigenvalue weighted by atomic mass is 10.1. The average molecular weight is 268 g/mol. The molecule has 0 aliphatic heterocycles. The highest BCUT2D eigenvalue weighted by atomic mass is 35.5. The highest BCUT2D eigenvalue weighted by Crippen LogP contribution is 2.34. The summed E-state index contributed by atoms with van der Waals surface area (Å²) in [6.45, 7) is 5.27. The molecule has 1 fully saturated rings. The summed E-state index contributed by atoms with van der Waals surface area (Å²) in [6, 6.07) is 8.06. The van der Waals surface area contributed by atoms with Gasteiger partial charge in [-0.25, -0.2) is 0 Å². The van der Waals surface area contributed by atoms with E-state index < -0.39 is 0 Å². The van der Waals surface area contributed by atoms with Crippen molar-refractivity contribution in [2.45, 2.75) is 45.3 Å². The summed E-state index contributed by atoms with van der Waals surface area (Å²) in [7, 11) is 0. The van der Waals surface area contributed by atoms with E-state index in [1.165, 1.54) is 19.3 Å². The van der Waals surface area contributed by atoms with Crippen LogP contribution in [0.1, 0.15) is 33.1 Å². The number of hydrogen-bond acceptors (Lipinski definition) is 2. The minimum atomic E-state index is 0.170. The normalized spacial score (nSPS) is 18.4. The first-order chi connectivity index (χ1) is 8.69. The highest BCUT2D eigenvalue weighted by Gasteiger charge is 2.28. The topological polar surface area (TPSA) is 21.3 Å². The van der Waals surface area contributed by atoms with Crippen molar-refractivity contribution in [1.29, 1.82) is 0 Å². The fourth-order valence-corrected chi connectivity index (χ4v) is 2.43. The van der Waals surface area contributed by atoms with E-state index in [0.29, 0.717) is 6.04 Å². The third-order valence-electron chi connectivity index (χ3n) is 3.44. The molecule has 0 aromatic heterocycles. The van der Waals surface area contributed by atoms with E-state index in [9.17, 15) is 0 Å². The monoisotopic (exact) mass is 267 g/mol. The number of ether oxygens (including phenoxy) is 1. The Labute approximate surface area is 115 Å². The molecule has 2 rings (SSSR count). The molecule has 2 nitrogen and oxygen atoms in total. The Morgan fingerprint density at radius 1 is 1.44 bits per heavy atom. The van der Waals surface area contributed by atoms with Crippen molar-refractivity contribution in [3.05, 3.63) is 29.3 Å². The molecule has 1 saturated carbocycles. The largest absolute Gasteiger partial charge is 0.489 e. The summed E-state index contributed by atoms with van der Waals surface area (Å²) in [5.41, 5.74) is 0. The first-order valence-electron chi connectivity index (χ1n) is 6.84. The molecule has 1 aromatic rings. The molecule has 0 radical (unpaired) electrons. The first-order valence-corrected chi connectivity index (χ1v) is 7.22. The van der Waals surface area contributed by atoms with Crippen LogP contribution in [0.15, 0.2) is 24.3 Å². The van der Waals surface area contributed by atoms with Crippen molar-refractivity contribution in [2.24, 2.45) is 5.92 Å². The van der Waals surface area contributed by atoms with Crippen LogP contribution in [-0.2, 0) is 0 Å². The van der Waals surface area contributed by atoms with E-state index in [4.69, 9.17) is 16.3 Å². The van der Waals surface area contributed by atoms with Crippen LogP contribution in [0.2, 0.25) is 5.02 Å². The zero-order chi connectivity index (χ0) is 13.0. The van der Waals surface area contributed by atoms with Gasteiger partial charge in [-0.2, -0.15) is 0 Å². The van der Waals surface area contributed by atoms with E-state index in [1.807, 2.05) is 24.3 Å². The molecule has 0 heterocycles. The highest BCUT2D eigenvalue weighted by molar-refractivity contribution is 6.30. The van der Waals surface area contributed by atoms with Crippen molar-refractivity contribution in [1.82, 2.24) is 5.32 Å². The second-order valence-electron chi connectivity index (χ2n) is 5.12. The van der Waals surface area contributed by atoms with E-state index in [1.54, 1.807) is 0 Å². The molecule has 1 aromatic carbocycles. The van der Waals surface area contributed by atoms with Gasteiger partial charge in [-0.1, -0.05) is 37.4 Å². The molecule has 0 bridgehead atoms. The van der Waals surface area contributed by atoms with Gasteiger partial charge in [0.25, 0.3) is 0 Å². The van der Waals surface area contributed by atoms with E-state index >= 15 is 0 Å². The van der Waals surface area contributed by atoms with Gasteiger partial charge in [0, 0.05) is 11.1 Å². The molecule has 1 aliphatic rings. The van der Waals surface area contributed by atoms with Gasteiger partial charge in [0.05, 0.1) is 0 Å². The molecule has 1 N–H and O–H groups in total. The van der Waals surface area contributed by atoms with E-state index in [2.05, 4.69) is 19.2 Å². The maximum Gasteiger partial charge on any atom is 0.121 e. The van der Waals surface area contributed by atoms with Crippen LogP contribution in [0.25, 0.3) is 0 Å². The molecule has 0 spiro atoms. The number of hydrogen-bond donors (Lipinski definition) is 1. The molecule has 2 atom stereocenters. The van der Waals surface area contributed by atoms with Crippen molar-refractivity contribution in [3.8, 4) is 5.75 Å². The summed E-state index contributed by atoms with van der Waals surface area (Å²) in [4.78, 5) is 0. The molecular weight excluding hydrogens is 246 g/mol. The van der Waals surface area contributed by atoms with Gasteiger partial charge < -0.3 is 10.1 Å². The van der Waals surface area contributed by atoms with Crippen molar-refractivity contribution in [2.75, 3.05) is 6.54 Å². The number of likely N-dealkylation sites (N-methyl/N-ethyl adjacent to an activating group) is 1. The summed E-state index contributed by atoms with van der Waals surface area (Å²) in [6.07, 6.45) is 4.15. The van der Waals surface area contributed by atoms with Crippen molar-refractivity contribution in [3.63, 3.8) is 0 Å². The maximum absolute atomic E-state index is 5.99. The smallest absolute Gasteiger partial charge is 0.121 e. The minimum Gasteiger partial charge on any atom is -0.489 e. The Hall–Kier alpha value is -0.730. The Morgan fingerprint density at radius 3 is 2.83 bits per heavy atom. The third kappa shape index (κ3) is 4.18. The van der Waals surface area contributed by atoms with Crippen LogP contribution in [-0.4, -0.2) is 18.7 Å². The molecule has 1 aliphatic carbocycles. The molecular formula is C15H22ClNO. The molecule has 18 heavy (non-hydrogen) atoms. The van der Waals surface area contributed by atoms with Crippen LogP contribution in [0, 0.1) is 5.92 Å². The quantitative estimate of drug-likeness (QED) is 0.809. The first kappa shape index (κ1) is 13.7. The van der Waals surface area contributed by atoms with Gasteiger partial charge in [0.15, 0.2) is 0 Å². The number of halogens is 1. The van der Waals surface area contributed by atoms with Crippen LogP contribution < -0.4 is 10.1 Å². The Balaban J connectivity index is 1.92. The fraction of sp³-hybridized carbons (Fsp3) is 0.600. The zero-order valence-corrected chi connectivity index (χ0v) is 11.9. The number of rotatable bonds is 7. The van der Waals surface area contributed by atoms with Crippen molar-refractivity contribution < 1.29 is 4.74 Å². The molecule has 0 saturated heterocycles. The second kappa shape index (κ2) is 6.44. The predicted molar refractivity (Wildman–Crippen MR) is 76.3 cm³/mol. The Bertz CT molecular complexity index is 379. The van der Waals surface area contributed by atoms with Crippen molar-refractivity contribution >= 4 is 11.6 Å². The molecule has 3 heteroatoms. The van der Waals surface area contributed by atoms with Crippen LogP contribution in [0.5, 0.6) is 5.75 Å². The van der Waals surface area contributed by atoms with Crippen LogP contribution in [0.4, 0.5) is 0 Å². The predicted octanol–water partition coefficient (Wildman–Crippen LogP) is 3.89. The van der Waals surface area contributed by atoms with Gasteiger partial charge in [-0.05, 0) is 44.0 Å². The lowest BCUT2D eigenvalue weighted by Crippen LogP contribution is -2.41. The van der Waals surface area contributed by atoms with Gasteiger partial charge in [-0.15, -0.1) is 0 Å². The summed E-state index contributed by atoms with van der Waals surface area (Å²) in [5.74, 6) is 1.76. The van der Waals surface area contributed by atoms with E-state index in [0.717, 1.165) is 23.2 Å². The SMILES string of the molecule is CCNC(CC1CC1)C(C)Oc1cccc(Cl)c1. The Morgan fingerprint density at radius 2 is 2.22 bits per heavy atom. The molecule has 0 amide bonds. The molecule has 100 valence electrons. The fourth-order valence-electron chi connectivity index (χ4n) is 2.25. The average Bonchev–Trinajstić information content (AvgIpc) is 3.12. The number of benzene rings is 1. The third-order valence-corrected chi connectivity index (χ3v) is 3.67. The van der Waals surface area contributed by atoms with Gasteiger partial charge >= 0.3 is 0 Å². The number of nitrogens with one attached hydrogen (secondary N) is 1. The standard InChI is InChI=1S/C15H22ClNO/c1-3-17-15(9-12-7-8-12)11(2)18-14-6-4-5-13(16)10-14/h4-6,10-12,15,17H,3,7-9H2,1-2H3. The van der Waals surface area contributed by atoms with Crippen LogP contribution >= 0.6 is 11.6 Å². The van der Waals surface area contributed by atoms with Gasteiger partial charge in [0.2, 0.25) is 0 Å². The van der Waals surface area contributed by atoms with E-state index in [-0.39, 0.29) is 6.10 Å². The summed E-state index contributed by atoms with van der Waals surface area (Å²) >= 11 is 5.97. The van der Waals surface area contributed by atoms with Gasteiger partial charge in [0.1, 0.15) is 11.9 Å². The minimum absolute atomic E-state index is 0.170. The Kier molecular flexibility index (Phi) is 4.90. The summed E-state index contributed by atoms with van der Waals surface area (Å²) < 4.78 is 5.99. The second-order valence-corrected chi connectivity index (χ2v) is 5.56. The van der Waals surface area contributed by atoms with Crippen LogP contribution in [0.3, 0.4) is 0 Å². The van der Waals surface area contributed by atoms with Gasteiger partial charge in [-0.3, -0.25) is 0 Å².